The Morgan fingerprint density at radius 1 is 0.311 bits per heavy atom. The molecule has 0 aliphatic heterocycles. The Labute approximate surface area is 549 Å². The number of aliphatic hydroxyl groups is 1. The number of hydrogen-bond acceptors (Lipinski definition) is 15. The summed E-state index contributed by atoms with van der Waals surface area (Å²) in [5.41, 5.74) is 0. The SMILES string of the molecule is CCC(C)CCCCCCCCCCCCCCCCC(=O)O[C@H](COC(=O)CCCCCCCCC(C)C)COP(=O)(O)OC[C@H](O)COP(=O)(O)OC[C@@H](COC(=O)CCCCCCCCC(C)C)OC(=O)CCCCCCCCCCCCCC(C)C. The maximum absolute atomic E-state index is 13.0. The van der Waals surface area contributed by atoms with Crippen molar-refractivity contribution < 1.29 is 80.2 Å². The summed E-state index contributed by atoms with van der Waals surface area (Å²) >= 11 is 0. The molecule has 0 radical (unpaired) electrons. The predicted molar refractivity (Wildman–Crippen MR) is 363 cm³/mol. The van der Waals surface area contributed by atoms with Crippen molar-refractivity contribution >= 4 is 39.5 Å². The van der Waals surface area contributed by atoms with Crippen LogP contribution in [0.5, 0.6) is 0 Å². The van der Waals surface area contributed by atoms with E-state index in [1.54, 1.807) is 0 Å². The molecule has 534 valence electrons. The van der Waals surface area contributed by atoms with Gasteiger partial charge in [-0.15, -0.1) is 0 Å². The maximum Gasteiger partial charge on any atom is 0.472 e. The third-order valence-electron chi connectivity index (χ3n) is 16.7. The highest BCUT2D eigenvalue weighted by molar-refractivity contribution is 7.47. The molecular weight excluding hydrogens is 1190 g/mol. The van der Waals surface area contributed by atoms with E-state index in [4.69, 9.17) is 37.0 Å². The number of ether oxygens (including phenoxy) is 4. The minimum Gasteiger partial charge on any atom is -0.462 e. The van der Waals surface area contributed by atoms with E-state index in [0.29, 0.717) is 37.5 Å². The molecule has 0 saturated carbocycles. The molecule has 19 heteroatoms. The third kappa shape index (κ3) is 63.5. The summed E-state index contributed by atoms with van der Waals surface area (Å²) in [7, 11) is -9.90. The van der Waals surface area contributed by atoms with Gasteiger partial charge in [-0.25, -0.2) is 9.13 Å². The molecule has 0 bridgehead atoms. The zero-order valence-electron chi connectivity index (χ0n) is 58.8. The highest BCUT2D eigenvalue weighted by Crippen LogP contribution is 2.45. The summed E-state index contributed by atoms with van der Waals surface area (Å²) in [6.45, 7) is 14.0. The first-order chi connectivity index (χ1) is 43.1. The lowest BCUT2D eigenvalue weighted by atomic mass is 9.99. The smallest absolute Gasteiger partial charge is 0.462 e. The van der Waals surface area contributed by atoms with Gasteiger partial charge in [-0.2, -0.15) is 0 Å². The summed E-state index contributed by atoms with van der Waals surface area (Å²) in [5.74, 6) is 0.838. The molecule has 0 aliphatic carbocycles. The largest absolute Gasteiger partial charge is 0.472 e. The number of phosphoric acid groups is 2. The van der Waals surface area contributed by atoms with Gasteiger partial charge in [0, 0.05) is 25.7 Å². The second-order valence-electron chi connectivity index (χ2n) is 27.3. The Morgan fingerprint density at radius 2 is 0.533 bits per heavy atom. The van der Waals surface area contributed by atoms with E-state index in [1.807, 2.05) is 0 Å². The molecule has 0 rings (SSSR count). The fraction of sp³-hybridized carbons (Fsp3) is 0.944. The highest BCUT2D eigenvalue weighted by atomic mass is 31.2. The molecule has 0 heterocycles. The van der Waals surface area contributed by atoms with Crippen LogP contribution in [-0.2, 0) is 65.4 Å². The molecule has 0 amide bonds. The minimum absolute atomic E-state index is 0.105. The standard InChI is InChI=1S/C71H138O17P2/c1-9-64(8)50-42-34-24-20-16-12-10-11-13-17-21-25-37-45-53-70(75)87-66(57-81-68(73)51-43-35-29-27-32-40-48-62(4)5)59-85-89(77,78)83-55-65(72)56-84-90(79,80)86-60-67(58-82-69(74)52-44-36-30-28-33-41-49-63(6)7)88-71(76)54-46-38-26-22-18-14-15-19-23-31-39-47-61(2)3/h61-67,72H,9-60H2,1-8H3,(H,77,78)(H,79,80)/t64?,65-,66+,67+/m0/s1. The molecule has 0 aromatic heterocycles. The van der Waals surface area contributed by atoms with E-state index < -0.39 is 97.5 Å². The summed E-state index contributed by atoms with van der Waals surface area (Å²) < 4.78 is 68.2. The van der Waals surface area contributed by atoms with Crippen molar-refractivity contribution in [3.05, 3.63) is 0 Å². The van der Waals surface area contributed by atoms with Crippen LogP contribution in [0.1, 0.15) is 351 Å². The van der Waals surface area contributed by atoms with E-state index in [-0.39, 0.29) is 25.7 Å². The first-order valence-electron chi connectivity index (χ1n) is 36.7. The second-order valence-corrected chi connectivity index (χ2v) is 30.2. The number of esters is 4. The van der Waals surface area contributed by atoms with Crippen LogP contribution in [-0.4, -0.2) is 96.7 Å². The fourth-order valence-corrected chi connectivity index (χ4v) is 12.2. The number of hydrogen-bond donors (Lipinski definition) is 3. The molecule has 0 spiro atoms. The van der Waals surface area contributed by atoms with E-state index >= 15 is 0 Å². The molecule has 0 aliphatic rings. The summed E-state index contributed by atoms with van der Waals surface area (Å²) in [6, 6.07) is 0. The molecule has 6 atom stereocenters. The minimum atomic E-state index is -4.95. The number of aliphatic hydroxyl groups excluding tert-OH is 1. The number of rotatable bonds is 68. The van der Waals surface area contributed by atoms with Crippen LogP contribution in [0, 0.1) is 23.7 Å². The van der Waals surface area contributed by atoms with Gasteiger partial charge in [-0.1, -0.05) is 299 Å². The predicted octanol–water partition coefficient (Wildman–Crippen LogP) is 20.1. The summed E-state index contributed by atoms with van der Waals surface area (Å²) in [6.07, 6.45) is 43.3. The van der Waals surface area contributed by atoms with Crippen molar-refractivity contribution in [1.82, 2.24) is 0 Å². The van der Waals surface area contributed by atoms with Gasteiger partial charge < -0.3 is 33.8 Å². The maximum atomic E-state index is 13.0. The Balaban J connectivity index is 5.20. The van der Waals surface area contributed by atoms with Gasteiger partial charge in [0.15, 0.2) is 12.2 Å². The van der Waals surface area contributed by atoms with Crippen LogP contribution in [0.25, 0.3) is 0 Å². The van der Waals surface area contributed by atoms with Crippen LogP contribution in [0.4, 0.5) is 0 Å². The van der Waals surface area contributed by atoms with E-state index in [2.05, 4.69) is 55.4 Å². The molecule has 0 aromatic rings. The third-order valence-corrected chi connectivity index (χ3v) is 18.6. The van der Waals surface area contributed by atoms with Gasteiger partial charge in [0.1, 0.15) is 19.3 Å². The zero-order chi connectivity index (χ0) is 66.8. The number of carbonyl (C=O) groups excluding carboxylic acids is 4. The van der Waals surface area contributed by atoms with Crippen molar-refractivity contribution in [3.8, 4) is 0 Å². The molecular formula is C71H138O17P2. The Morgan fingerprint density at radius 3 is 0.789 bits per heavy atom. The average Bonchev–Trinajstić information content (AvgIpc) is 3.21. The van der Waals surface area contributed by atoms with Crippen molar-refractivity contribution in [2.75, 3.05) is 39.6 Å². The van der Waals surface area contributed by atoms with E-state index in [9.17, 15) is 43.2 Å². The van der Waals surface area contributed by atoms with Gasteiger partial charge in [-0.05, 0) is 49.4 Å². The lowest BCUT2D eigenvalue weighted by molar-refractivity contribution is -0.161. The zero-order valence-corrected chi connectivity index (χ0v) is 60.6. The van der Waals surface area contributed by atoms with Gasteiger partial charge >= 0.3 is 39.5 Å². The molecule has 0 fully saturated rings. The van der Waals surface area contributed by atoms with Gasteiger partial charge in [0.25, 0.3) is 0 Å². The van der Waals surface area contributed by atoms with E-state index in [1.165, 1.54) is 141 Å². The first-order valence-corrected chi connectivity index (χ1v) is 39.7. The van der Waals surface area contributed by atoms with Crippen molar-refractivity contribution in [2.24, 2.45) is 23.7 Å². The Hall–Kier alpha value is -1.94. The fourth-order valence-electron chi connectivity index (χ4n) is 10.6. The monoisotopic (exact) mass is 1320 g/mol. The van der Waals surface area contributed by atoms with Crippen LogP contribution >= 0.6 is 15.6 Å². The summed E-state index contributed by atoms with van der Waals surface area (Å²) in [4.78, 5) is 72.5. The molecule has 3 N–H and O–H groups in total. The molecule has 0 saturated heterocycles. The number of phosphoric ester groups is 2. The normalized spacial score (nSPS) is 14.6. The lowest BCUT2D eigenvalue weighted by Crippen LogP contribution is -2.30. The topological polar surface area (TPSA) is 237 Å². The van der Waals surface area contributed by atoms with Crippen LogP contribution in [0.3, 0.4) is 0 Å². The van der Waals surface area contributed by atoms with Gasteiger partial charge in [0.2, 0.25) is 0 Å². The average molecular weight is 1330 g/mol. The second kappa shape index (κ2) is 60.7. The van der Waals surface area contributed by atoms with E-state index in [0.717, 1.165) is 115 Å². The Bertz CT molecular complexity index is 1780. The summed E-state index contributed by atoms with van der Waals surface area (Å²) in [5, 5.41) is 10.6. The van der Waals surface area contributed by atoms with Crippen LogP contribution in [0.2, 0.25) is 0 Å². The Kier molecular flexibility index (Phi) is 59.4. The molecule has 0 aromatic carbocycles. The quantitative estimate of drug-likeness (QED) is 0.0222. The number of unbranched alkanes of at least 4 members (excludes halogenated alkanes) is 33. The van der Waals surface area contributed by atoms with Crippen molar-refractivity contribution in [3.63, 3.8) is 0 Å². The number of carbonyl (C=O) groups is 4. The highest BCUT2D eigenvalue weighted by Gasteiger charge is 2.30. The molecule has 3 unspecified atom stereocenters. The molecule has 90 heavy (non-hydrogen) atoms. The lowest BCUT2D eigenvalue weighted by Gasteiger charge is -2.21. The van der Waals surface area contributed by atoms with Gasteiger partial charge in [-0.3, -0.25) is 37.3 Å². The van der Waals surface area contributed by atoms with Crippen LogP contribution < -0.4 is 0 Å². The van der Waals surface area contributed by atoms with Crippen molar-refractivity contribution in [2.45, 2.75) is 369 Å². The molecule has 17 nitrogen and oxygen atoms in total. The van der Waals surface area contributed by atoms with Crippen molar-refractivity contribution in [1.29, 1.82) is 0 Å². The van der Waals surface area contributed by atoms with Crippen LogP contribution in [0.15, 0.2) is 0 Å². The first kappa shape index (κ1) is 88.1. The van der Waals surface area contributed by atoms with Gasteiger partial charge in [0.05, 0.1) is 26.4 Å².